The first-order valence-corrected chi connectivity index (χ1v) is 9.69. The van der Waals surface area contributed by atoms with Crippen molar-refractivity contribution in [1.82, 2.24) is 20.0 Å². The highest BCUT2D eigenvalue weighted by atomic mass is 16.5. The highest BCUT2D eigenvalue weighted by molar-refractivity contribution is 6.06. The van der Waals surface area contributed by atoms with Crippen molar-refractivity contribution >= 4 is 28.5 Å². The quantitative estimate of drug-likeness (QED) is 0.428. The van der Waals surface area contributed by atoms with Crippen LogP contribution >= 0.6 is 0 Å². The maximum atomic E-state index is 12.7. The van der Waals surface area contributed by atoms with E-state index in [4.69, 9.17) is 9.47 Å². The third-order valence-electron chi connectivity index (χ3n) is 4.61. The van der Waals surface area contributed by atoms with Gasteiger partial charge in [-0.25, -0.2) is 9.48 Å². The average molecular weight is 433 g/mol. The summed E-state index contributed by atoms with van der Waals surface area (Å²) in [5.41, 5.74) is 0.878. The lowest BCUT2D eigenvalue weighted by Gasteiger charge is -2.09. The molecule has 0 atom stereocenters. The van der Waals surface area contributed by atoms with Crippen LogP contribution in [0.1, 0.15) is 21.0 Å². The van der Waals surface area contributed by atoms with E-state index < -0.39 is 11.9 Å². The van der Waals surface area contributed by atoms with Crippen molar-refractivity contribution in [2.75, 3.05) is 19.0 Å². The third-order valence-corrected chi connectivity index (χ3v) is 4.61. The standard InChI is InChI=1S/C22H19N5O5/c1-31-22(30)20-16-13-14(7-8-17(16)24-25-20)23-21(29)18-9-10-19(28)27(26-18)11-12-32-15-5-3-2-4-6-15/h2-10,13H,11-12H2,1H3,(H,23,29)(H,24,25). The first kappa shape index (κ1) is 20.8. The average Bonchev–Trinajstić information content (AvgIpc) is 3.23. The summed E-state index contributed by atoms with van der Waals surface area (Å²) < 4.78 is 11.5. The summed E-state index contributed by atoms with van der Waals surface area (Å²) in [4.78, 5) is 36.6. The molecule has 0 spiro atoms. The minimum Gasteiger partial charge on any atom is -0.492 e. The number of hydrogen-bond donors (Lipinski definition) is 2. The van der Waals surface area contributed by atoms with Crippen LogP contribution < -0.4 is 15.6 Å². The second kappa shape index (κ2) is 9.13. The number of rotatable bonds is 7. The van der Waals surface area contributed by atoms with E-state index in [-0.39, 0.29) is 30.1 Å². The van der Waals surface area contributed by atoms with Crippen molar-refractivity contribution in [2.24, 2.45) is 0 Å². The van der Waals surface area contributed by atoms with E-state index in [0.717, 1.165) is 0 Å². The Morgan fingerprint density at radius 1 is 1.09 bits per heavy atom. The summed E-state index contributed by atoms with van der Waals surface area (Å²) in [6.07, 6.45) is 0. The normalized spacial score (nSPS) is 10.7. The molecule has 0 aliphatic carbocycles. The predicted octanol–water partition coefficient (Wildman–Crippen LogP) is 2.24. The number of para-hydroxylation sites is 1. The molecule has 10 heteroatoms. The van der Waals surface area contributed by atoms with Crippen molar-refractivity contribution < 1.29 is 19.1 Å². The molecule has 32 heavy (non-hydrogen) atoms. The monoisotopic (exact) mass is 433 g/mol. The molecule has 0 aliphatic rings. The van der Waals surface area contributed by atoms with E-state index in [1.54, 1.807) is 18.2 Å². The largest absolute Gasteiger partial charge is 0.492 e. The first-order chi connectivity index (χ1) is 15.5. The number of benzene rings is 2. The molecule has 0 bridgehead atoms. The van der Waals surface area contributed by atoms with Crippen LogP contribution in [-0.2, 0) is 11.3 Å². The summed E-state index contributed by atoms with van der Waals surface area (Å²) in [5.74, 6) is -0.424. The smallest absolute Gasteiger partial charge is 0.359 e. The van der Waals surface area contributed by atoms with Crippen molar-refractivity contribution in [3.8, 4) is 5.75 Å². The van der Waals surface area contributed by atoms with Gasteiger partial charge in [0.2, 0.25) is 0 Å². The summed E-state index contributed by atoms with van der Waals surface area (Å²) in [6, 6.07) is 16.8. The van der Waals surface area contributed by atoms with E-state index in [1.165, 1.54) is 23.9 Å². The Morgan fingerprint density at radius 2 is 1.91 bits per heavy atom. The van der Waals surface area contributed by atoms with Gasteiger partial charge in [0, 0.05) is 17.1 Å². The van der Waals surface area contributed by atoms with Gasteiger partial charge in [0.1, 0.15) is 18.1 Å². The summed E-state index contributed by atoms with van der Waals surface area (Å²) >= 11 is 0. The molecule has 1 amide bonds. The fourth-order valence-electron chi connectivity index (χ4n) is 3.04. The number of nitrogens with zero attached hydrogens (tertiary/aromatic N) is 3. The van der Waals surface area contributed by atoms with Gasteiger partial charge in [0.15, 0.2) is 5.69 Å². The fraction of sp³-hybridized carbons (Fsp3) is 0.136. The van der Waals surface area contributed by atoms with Crippen LogP contribution in [0.5, 0.6) is 5.75 Å². The number of aromatic amines is 1. The van der Waals surface area contributed by atoms with E-state index in [1.807, 2.05) is 30.3 Å². The van der Waals surface area contributed by atoms with Gasteiger partial charge in [-0.05, 0) is 36.4 Å². The zero-order valence-electron chi connectivity index (χ0n) is 17.1. The minimum atomic E-state index is -0.591. The van der Waals surface area contributed by atoms with Gasteiger partial charge in [-0.2, -0.15) is 10.2 Å². The molecule has 0 radical (unpaired) electrons. The van der Waals surface area contributed by atoms with Crippen LogP contribution in [0.15, 0.2) is 65.5 Å². The van der Waals surface area contributed by atoms with Crippen molar-refractivity contribution in [3.63, 3.8) is 0 Å². The number of carbonyl (C=O) groups is 2. The molecule has 4 rings (SSSR count). The van der Waals surface area contributed by atoms with Gasteiger partial charge in [-0.3, -0.25) is 14.7 Å². The van der Waals surface area contributed by atoms with Crippen LogP contribution in [0, 0.1) is 0 Å². The van der Waals surface area contributed by atoms with Crippen LogP contribution in [0.25, 0.3) is 10.9 Å². The molecule has 10 nitrogen and oxygen atoms in total. The maximum Gasteiger partial charge on any atom is 0.359 e. The topological polar surface area (TPSA) is 128 Å². The highest BCUT2D eigenvalue weighted by Gasteiger charge is 2.16. The number of carbonyl (C=O) groups excluding carboxylic acids is 2. The number of aromatic nitrogens is 4. The number of anilines is 1. The molecule has 2 aromatic carbocycles. The fourth-order valence-corrected chi connectivity index (χ4v) is 3.04. The zero-order valence-corrected chi connectivity index (χ0v) is 17.1. The van der Waals surface area contributed by atoms with Crippen molar-refractivity contribution in [2.45, 2.75) is 6.54 Å². The Kier molecular flexibility index (Phi) is 5.93. The number of amides is 1. The molecule has 2 heterocycles. The lowest BCUT2D eigenvalue weighted by atomic mass is 10.2. The Balaban J connectivity index is 1.48. The molecular formula is C22H19N5O5. The van der Waals surface area contributed by atoms with E-state index in [9.17, 15) is 14.4 Å². The van der Waals surface area contributed by atoms with Gasteiger partial charge in [-0.15, -0.1) is 0 Å². The molecule has 0 saturated heterocycles. The Labute approximate surface area is 181 Å². The van der Waals surface area contributed by atoms with Crippen LogP contribution in [-0.4, -0.2) is 45.6 Å². The van der Waals surface area contributed by atoms with E-state index >= 15 is 0 Å². The number of esters is 1. The lowest BCUT2D eigenvalue weighted by molar-refractivity contribution is 0.0596. The Bertz CT molecular complexity index is 1330. The van der Waals surface area contributed by atoms with Gasteiger partial charge < -0.3 is 14.8 Å². The number of methoxy groups -OCH3 is 1. The maximum absolute atomic E-state index is 12.7. The van der Waals surface area contributed by atoms with E-state index in [2.05, 4.69) is 20.6 Å². The second-order valence-corrected chi connectivity index (χ2v) is 6.72. The molecule has 0 fully saturated rings. The number of hydrogen-bond acceptors (Lipinski definition) is 7. The molecule has 162 valence electrons. The minimum absolute atomic E-state index is 0.0600. The number of fused-ring (bicyclic) bond motifs is 1. The second-order valence-electron chi connectivity index (χ2n) is 6.72. The van der Waals surface area contributed by atoms with Crippen LogP contribution in [0.2, 0.25) is 0 Å². The first-order valence-electron chi connectivity index (χ1n) is 9.69. The van der Waals surface area contributed by atoms with Gasteiger partial charge in [0.25, 0.3) is 11.5 Å². The zero-order chi connectivity index (χ0) is 22.5. The Morgan fingerprint density at radius 3 is 2.69 bits per heavy atom. The molecule has 2 aromatic heterocycles. The third kappa shape index (κ3) is 4.48. The van der Waals surface area contributed by atoms with Crippen LogP contribution in [0.4, 0.5) is 5.69 Å². The number of nitrogens with one attached hydrogen (secondary N) is 2. The highest BCUT2D eigenvalue weighted by Crippen LogP contribution is 2.21. The number of H-pyrrole nitrogens is 1. The molecule has 0 unspecified atom stereocenters. The molecular weight excluding hydrogens is 414 g/mol. The summed E-state index contributed by atoms with van der Waals surface area (Å²) in [7, 11) is 1.26. The summed E-state index contributed by atoms with van der Waals surface area (Å²) in [6.45, 7) is 0.397. The van der Waals surface area contributed by atoms with Crippen molar-refractivity contribution in [1.29, 1.82) is 0 Å². The van der Waals surface area contributed by atoms with Crippen molar-refractivity contribution in [3.05, 3.63) is 82.4 Å². The molecule has 0 aliphatic heterocycles. The van der Waals surface area contributed by atoms with Crippen LogP contribution in [0.3, 0.4) is 0 Å². The SMILES string of the molecule is COC(=O)c1n[nH]c2ccc(NC(=O)c3ccc(=O)n(CCOc4ccccc4)n3)cc12. The van der Waals surface area contributed by atoms with Gasteiger partial charge in [0.05, 0.1) is 19.2 Å². The predicted molar refractivity (Wildman–Crippen MR) is 116 cm³/mol. The molecule has 4 aromatic rings. The summed E-state index contributed by atoms with van der Waals surface area (Å²) in [5, 5.41) is 14.0. The Hall–Kier alpha value is -4.47. The molecule has 0 saturated carbocycles. The molecule has 2 N–H and O–H groups in total. The van der Waals surface area contributed by atoms with E-state index in [0.29, 0.717) is 22.3 Å². The number of ether oxygens (including phenoxy) is 2. The van der Waals surface area contributed by atoms with Gasteiger partial charge in [-0.1, -0.05) is 18.2 Å². The lowest BCUT2D eigenvalue weighted by Crippen LogP contribution is -2.28. The van der Waals surface area contributed by atoms with Gasteiger partial charge >= 0.3 is 5.97 Å².